The Morgan fingerprint density at radius 2 is 1.62 bits per heavy atom. The average Bonchev–Trinajstić information content (AvgIpc) is 2.82. The molecule has 0 unspecified atom stereocenters. The highest BCUT2D eigenvalue weighted by molar-refractivity contribution is 6.02. The Hall–Kier alpha value is -3.39. The quantitative estimate of drug-likeness (QED) is 0.629. The third-order valence-electron chi connectivity index (χ3n) is 5.42. The molecule has 1 aliphatic heterocycles. The number of benzene rings is 2. The number of hydrogen-bond donors (Lipinski definition) is 1. The molecular weight excluding hydrogens is 434 g/mol. The molecule has 0 aliphatic carbocycles. The average molecular weight is 468 g/mol. The third kappa shape index (κ3) is 7.31. The van der Waals surface area contributed by atoms with Gasteiger partial charge in [0.15, 0.2) is 5.78 Å². The van der Waals surface area contributed by atoms with E-state index in [1.165, 1.54) is 0 Å². The molecule has 1 fully saturated rings. The lowest BCUT2D eigenvalue weighted by atomic mass is 10.1. The first kappa shape index (κ1) is 25.2. The van der Waals surface area contributed by atoms with Gasteiger partial charge in [0.25, 0.3) is 5.91 Å². The number of amides is 2. The SMILES string of the molecule is COc1cccc(C(=O)CNC(=O)c2cccc(CN3CCN(C(=O)OC(C)(C)C)CC3)c2)c1. The van der Waals surface area contributed by atoms with Crippen molar-refractivity contribution >= 4 is 17.8 Å². The van der Waals surface area contributed by atoms with E-state index in [1.807, 2.05) is 39.0 Å². The minimum Gasteiger partial charge on any atom is -0.497 e. The van der Waals surface area contributed by atoms with Crippen LogP contribution in [0.4, 0.5) is 4.79 Å². The predicted octanol–water partition coefficient (Wildman–Crippen LogP) is 3.36. The normalized spacial score (nSPS) is 14.4. The number of nitrogens with one attached hydrogen (secondary N) is 1. The second-order valence-corrected chi connectivity index (χ2v) is 9.28. The van der Waals surface area contributed by atoms with E-state index >= 15 is 0 Å². The highest BCUT2D eigenvalue weighted by Crippen LogP contribution is 2.15. The first-order chi connectivity index (χ1) is 16.1. The van der Waals surface area contributed by atoms with E-state index in [0.29, 0.717) is 36.5 Å². The second-order valence-electron chi connectivity index (χ2n) is 9.28. The zero-order chi connectivity index (χ0) is 24.7. The minimum absolute atomic E-state index is 0.0944. The zero-order valence-electron chi connectivity index (χ0n) is 20.3. The van der Waals surface area contributed by atoms with Gasteiger partial charge in [-0.15, -0.1) is 0 Å². The lowest BCUT2D eigenvalue weighted by molar-refractivity contribution is 0.0139. The van der Waals surface area contributed by atoms with Gasteiger partial charge in [0.1, 0.15) is 11.4 Å². The van der Waals surface area contributed by atoms with Crippen LogP contribution in [0.15, 0.2) is 48.5 Å². The largest absolute Gasteiger partial charge is 0.497 e. The maximum Gasteiger partial charge on any atom is 0.410 e. The Labute approximate surface area is 200 Å². The van der Waals surface area contributed by atoms with Crippen LogP contribution in [0.1, 0.15) is 47.1 Å². The van der Waals surface area contributed by atoms with E-state index in [2.05, 4.69) is 10.2 Å². The number of methoxy groups -OCH3 is 1. The Morgan fingerprint density at radius 1 is 0.941 bits per heavy atom. The maximum absolute atomic E-state index is 12.6. The van der Waals surface area contributed by atoms with Gasteiger partial charge >= 0.3 is 6.09 Å². The molecule has 0 radical (unpaired) electrons. The van der Waals surface area contributed by atoms with E-state index in [4.69, 9.17) is 9.47 Å². The molecule has 1 heterocycles. The number of carbonyl (C=O) groups excluding carboxylic acids is 3. The van der Waals surface area contributed by atoms with E-state index < -0.39 is 5.60 Å². The summed E-state index contributed by atoms with van der Waals surface area (Å²) in [7, 11) is 1.54. The Bertz CT molecular complexity index is 1020. The number of carbonyl (C=O) groups is 3. The van der Waals surface area contributed by atoms with Crippen molar-refractivity contribution in [2.45, 2.75) is 32.9 Å². The van der Waals surface area contributed by atoms with E-state index in [1.54, 1.807) is 42.3 Å². The topological polar surface area (TPSA) is 88.2 Å². The molecule has 0 atom stereocenters. The highest BCUT2D eigenvalue weighted by atomic mass is 16.6. The summed E-state index contributed by atoms with van der Waals surface area (Å²) in [6.45, 7) is 8.81. The third-order valence-corrected chi connectivity index (χ3v) is 5.42. The molecule has 0 aromatic heterocycles. The Morgan fingerprint density at radius 3 is 2.29 bits per heavy atom. The lowest BCUT2D eigenvalue weighted by Gasteiger charge is -2.35. The van der Waals surface area contributed by atoms with Crippen LogP contribution in [0.25, 0.3) is 0 Å². The number of ketones is 1. The van der Waals surface area contributed by atoms with Gasteiger partial charge in [-0.3, -0.25) is 14.5 Å². The molecule has 2 amide bonds. The monoisotopic (exact) mass is 467 g/mol. The zero-order valence-corrected chi connectivity index (χ0v) is 20.3. The van der Waals surface area contributed by atoms with Crippen molar-refractivity contribution in [3.8, 4) is 5.75 Å². The lowest BCUT2D eigenvalue weighted by Crippen LogP contribution is -2.49. The minimum atomic E-state index is -0.506. The maximum atomic E-state index is 12.6. The van der Waals surface area contributed by atoms with Gasteiger partial charge in [0.05, 0.1) is 13.7 Å². The smallest absolute Gasteiger partial charge is 0.410 e. The van der Waals surface area contributed by atoms with Crippen molar-refractivity contribution in [3.63, 3.8) is 0 Å². The van der Waals surface area contributed by atoms with Gasteiger partial charge in [0, 0.05) is 43.9 Å². The van der Waals surface area contributed by atoms with Crippen LogP contribution in [-0.4, -0.2) is 73.0 Å². The van der Waals surface area contributed by atoms with Crippen molar-refractivity contribution in [2.75, 3.05) is 39.8 Å². The van der Waals surface area contributed by atoms with Crippen LogP contribution < -0.4 is 10.1 Å². The number of ether oxygens (including phenoxy) is 2. The van der Waals surface area contributed by atoms with Crippen LogP contribution in [0.5, 0.6) is 5.75 Å². The van der Waals surface area contributed by atoms with E-state index in [-0.39, 0.29) is 24.3 Å². The van der Waals surface area contributed by atoms with Crippen molar-refractivity contribution in [2.24, 2.45) is 0 Å². The predicted molar refractivity (Wildman–Crippen MR) is 129 cm³/mol. The Kier molecular flexibility index (Phi) is 8.28. The first-order valence-corrected chi connectivity index (χ1v) is 11.4. The number of hydrogen-bond acceptors (Lipinski definition) is 6. The number of piperazine rings is 1. The molecule has 2 aromatic rings. The van der Waals surface area contributed by atoms with Gasteiger partial charge in [-0.1, -0.05) is 24.3 Å². The molecule has 8 nitrogen and oxygen atoms in total. The summed E-state index contributed by atoms with van der Waals surface area (Å²) in [5.74, 6) is 0.107. The molecule has 0 spiro atoms. The van der Waals surface area contributed by atoms with Gasteiger partial charge in [0.2, 0.25) is 0 Å². The molecule has 2 aromatic carbocycles. The molecule has 8 heteroatoms. The van der Waals surface area contributed by atoms with E-state index in [9.17, 15) is 14.4 Å². The fraction of sp³-hybridized carbons (Fsp3) is 0.423. The summed E-state index contributed by atoms with van der Waals surface area (Å²) in [5, 5.41) is 2.70. The van der Waals surface area contributed by atoms with Crippen LogP contribution >= 0.6 is 0 Å². The van der Waals surface area contributed by atoms with Crippen LogP contribution in [0.2, 0.25) is 0 Å². The molecule has 3 rings (SSSR count). The summed E-state index contributed by atoms with van der Waals surface area (Å²) in [6.07, 6.45) is -0.283. The van der Waals surface area contributed by atoms with Crippen molar-refractivity contribution in [1.82, 2.24) is 15.1 Å². The molecule has 34 heavy (non-hydrogen) atoms. The highest BCUT2D eigenvalue weighted by Gasteiger charge is 2.25. The summed E-state index contributed by atoms with van der Waals surface area (Å²) in [6, 6.07) is 14.2. The Balaban J connectivity index is 1.50. The summed E-state index contributed by atoms with van der Waals surface area (Å²) >= 11 is 0. The van der Waals surface area contributed by atoms with Crippen molar-refractivity contribution in [1.29, 1.82) is 0 Å². The van der Waals surface area contributed by atoms with Crippen LogP contribution in [-0.2, 0) is 11.3 Å². The molecule has 182 valence electrons. The van der Waals surface area contributed by atoms with Gasteiger partial charge < -0.3 is 19.7 Å². The first-order valence-electron chi connectivity index (χ1n) is 11.4. The number of nitrogens with zero attached hydrogens (tertiary/aromatic N) is 2. The standard InChI is InChI=1S/C26H33N3O5/c1-26(2,3)34-25(32)29-13-11-28(12-14-29)18-19-7-5-9-21(15-19)24(31)27-17-23(30)20-8-6-10-22(16-20)33-4/h5-10,15-16H,11-14,17-18H2,1-4H3,(H,27,31). The van der Waals surface area contributed by atoms with Gasteiger partial charge in [-0.05, 0) is 50.6 Å². The molecular formula is C26H33N3O5. The fourth-order valence-electron chi connectivity index (χ4n) is 3.65. The van der Waals surface area contributed by atoms with Crippen molar-refractivity contribution in [3.05, 3.63) is 65.2 Å². The summed E-state index contributed by atoms with van der Waals surface area (Å²) in [5.41, 5.74) is 1.48. The van der Waals surface area contributed by atoms with Crippen LogP contribution in [0, 0.1) is 0 Å². The van der Waals surface area contributed by atoms with Gasteiger partial charge in [-0.2, -0.15) is 0 Å². The summed E-state index contributed by atoms with van der Waals surface area (Å²) < 4.78 is 10.6. The number of Topliss-reactive ketones (excluding diaryl/α,β-unsaturated/α-hetero) is 1. The summed E-state index contributed by atoms with van der Waals surface area (Å²) in [4.78, 5) is 41.2. The van der Waals surface area contributed by atoms with E-state index in [0.717, 1.165) is 18.7 Å². The molecule has 0 saturated carbocycles. The molecule has 1 saturated heterocycles. The van der Waals surface area contributed by atoms with Crippen molar-refractivity contribution < 1.29 is 23.9 Å². The molecule has 1 N–H and O–H groups in total. The fourth-order valence-corrected chi connectivity index (χ4v) is 3.65. The van der Waals surface area contributed by atoms with Gasteiger partial charge in [-0.25, -0.2) is 4.79 Å². The second kappa shape index (κ2) is 11.2. The molecule has 0 bridgehead atoms. The number of rotatable bonds is 7. The molecule has 1 aliphatic rings. The van der Waals surface area contributed by atoms with Crippen LogP contribution in [0.3, 0.4) is 0 Å².